The van der Waals surface area contributed by atoms with Gasteiger partial charge in [-0.05, 0) is 49.9 Å². The van der Waals surface area contributed by atoms with E-state index in [0.717, 1.165) is 10.7 Å². The molecule has 5 nitrogen and oxygen atoms in total. The Morgan fingerprint density at radius 2 is 1.39 bits per heavy atom. The summed E-state index contributed by atoms with van der Waals surface area (Å²) in [5.41, 5.74) is 0.0374. The molecule has 0 atom stereocenters. The maximum absolute atomic E-state index is 13.2. The van der Waals surface area contributed by atoms with Crippen molar-refractivity contribution in [3.63, 3.8) is 0 Å². The minimum Gasteiger partial charge on any atom is -0.350 e. The molecule has 0 bridgehead atoms. The number of para-hydroxylation sites is 1. The topological polar surface area (TPSA) is 66.5 Å². The van der Waals surface area contributed by atoms with Gasteiger partial charge in [-0.1, -0.05) is 57.2 Å². The third kappa shape index (κ3) is 6.09. The first-order valence-corrected chi connectivity index (χ1v) is 10.8. The van der Waals surface area contributed by atoms with Crippen molar-refractivity contribution in [2.24, 2.45) is 5.41 Å². The standard InChI is InChI=1S/C22H30N2O3S/c1-21(2,3)17-22(4,5)23-20(25)16-24(18-12-8-6-9-13-18)28(26,27)19-14-10-7-11-15-19/h6-15H,16-17H2,1-5H3,(H,23,25). The third-order valence-electron chi connectivity index (χ3n) is 4.11. The number of nitrogens with zero attached hydrogens (tertiary/aromatic N) is 1. The van der Waals surface area contributed by atoms with E-state index in [2.05, 4.69) is 26.1 Å². The molecule has 0 aliphatic heterocycles. The number of carbonyl (C=O) groups excluding carboxylic acids is 1. The first-order chi connectivity index (χ1) is 12.9. The lowest BCUT2D eigenvalue weighted by Crippen LogP contribution is -2.50. The molecular weight excluding hydrogens is 372 g/mol. The summed E-state index contributed by atoms with van der Waals surface area (Å²) in [6, 6.07) is 16.9. The zero-order valence-electron chi connectivity index (χ0n) is 17.3. The van der Waals surface area contributed by atoms with E-state index in [4.69, 9.17) is 0 Å². The fraction of sp³-hybridized carbons (Fsp3) is 0.409. The molecule has 0 radical (unpaired) electrons. The number of hydrogen-bond donors (Lipinski definition) is 1. The number of rotatable bonds is 7. The van der Waals surface area contributed by atoms with Crippen LogP contribution in [0.1, 0.15) is 41.0 Å². The van der Waals surface area contributed by atoms with Crippen LogP contribution < -0.4 is 9.62 Å². The second kappa shape index (κ2) is 8.35. The van der Waals surface area contributed by atoms with Gasteiger partial charge in [0, 0.05) is 5.54 Å². The van der Waals surface area contributed by atoms with Crippen LogP contribution in [0, 0.1) is 5.41 Å². The number of sulfonamides is 1. The molecule has 0 saturated heterocycles. The third-order valence-corrected chi connectivity index (χ3v) is 5.90. The Hall–Kier alpha value is -2.34. The maximum atomic E-state index is 13.2. The van der Waals surface area contributed by atoms with Crippen LogP contribution in [0.25, 0.3) is 0 Å². The van der Waals surface area contributed by atoms with E-state index in [0.29, 0.717) is 5.69 Å². The molecule has 0 saturated carbocycles. The number of hydrogen-bond acceptors (Lipinski definition) is 3. The fourth-order valence-corrected chi connectivity index (χ4v) is 4.99. The van der Waals surface area contributed by atoms with Gasteiger partial charge in [-0.2, -0.15) is 0 Å². The van der Waals surface area contributed by atoms with E-state index in [9.17, 15) is 13.2 Å². The summed E-state index contributed by atoms with van der Waals surface area (Å²) in [5, 5.41) is 2.99. The van der Waals surface area contributed by atoms with Crippen molar-refractivity contribution in [1.82, 2.24) is 5.32 Å². The number of nitrogens with one attached hydrogen (secondary N) is 1. The van der Waals surface area contributed by atoms with Crippen LogP contribution in [-0.4, -0.2) is 26.4 Å². The molecule has 1 N–H and O–H groups in total. The van der Waals surface area contributed by atoms with Crippen molar-refractivity contribution >= 4 is 21.6 Å². The van der Waals surface area contributed by atoms with Crippen molar-refractivity contribution < 1.29 is 13.2 Å². The Kier molecular flexibility index (Phi) is 6.55. The Balaban J connectivity index is 2.31. The molecule has 6 heteroatoms. The van der Waals surface area contributed by atoms with Gasteiger partial charge in [0.1, 0.15) is 6.54 Å². The summed E-state index contributed by atoms with van der Waals surface area (Å²) in [6.45, 7) is 9.95. The Morgan fingerprint density at radius 3 is 1.89 bits per heavy atom. The lowest BCUT2D eigenvalue weighted by Gasteiger charge is -2.34. The number of benzene rings is 2. The van der Waals surface area contributed by atoms with Crippen LogP contribution in [0.2, 0.25) is 0 Å². The van der Waals surface area contributed by atoms with E-state index in [-0.39, 0.29) is 22.8 Å². The van der Waals surface area contributed by atoms with E-state index < -0.39 is 15.6 Å². The molecule has 28 heavy (non-hydrogen) atoms. The van der Waals surface area contributed by atoms with Gasteiger partial charge in [-0.15, -0.1) is 0 Å². The minimum absolute atomic E-state index is 0.0337. The summed E-state index contributed by atoms with van der Waals surface area (Å²) >= 11 is 0. The summed E-state index contributed by atoms with van der Waals surface area (Å²) in [7, 11) is -3.87. The molecular formula is C22H30N2O3S. The molecule has 2 aromatic rings. The average Bonchev–Trinajstić information content (AvgIpc) is 2.58. The number of carbonyl (C=O) groups is 1. The first-order valence-electron chi connectivity index (χ1n) is 9.35. The first kappa shape index (κ1) is 22.0. The second-order valence-electron chi connectivity index (χ2n) is 8.83. The van der Waals surface area contributed by atoms with Crippen LogP contribution in [0.5, 0.6) is 0 Å². The molecule has 0 aromatic heterocycles. The zero-order chi connectivity index (χ0) is 21.0. The van der Waals surface area contributed by atoms with Crippen LogP contribution in [0.3, 0.4) is 0 Å². The van der Waals surface area contributed by atoms with Gasteiger partial charge >= 0.3 is 0 Å². The van der Waals surface area contributed by atoms with Gasteiger partial charge < -0.3 is 5.32 Å². The van der Waals surface area contributed by atoms with Gasteiger partial charge in [-0.25, -0.2) is 8.42 Å². The lowest BCUT2D eigenvalue weighted by molar-refractivity contribution is -0.121. The van der Waals surface area contributed by atoms with Crippen molar-refractivity contribution in [3.8, 4) is 0 Å². The van der Waals surface area contributed by atoms with E-state index in [1.165, 1.54) is 12.1 Å². The Morgan fingerprint density at radius 1 is 0.893 bits per heavy atom. The molecule has 2 aromatic carbocycles. The summed E-state index contributed by atoms with van der Waals surface area (Å²) in [4.78, 5) is 12.9. The van der Waals surface area contributed by atoms with Crippen molar-refractivity contribution in [2.75, 3.05) is 10.8 Å². The van der Waals surface area contributed by atoms with Gasteiger partial charge in [-0.3, -0.25) is 9.10 Å². The molecule has 0 spiro atoms. The largest absolute Gasteiger partial charge is 0.350 e. The molecule has 0 unspecified atom stereocenters. The quantitative estimate of drug-likeness (QED) is 0.754. The highest BCUT2D eigenvalue weighted by Gasteiger charge is 2.31. The van der Waals surface area contributed by atoms with E-state index in [1.807, 2.05) is 19.9 Å². The van der Waals surface area contributed by atoms with E-state index in [1.54, 1.807) is 42.5 Å². The zero-order valence-corrected chi connectivity index (χ0v) is 18.1. The highest BCUT2D eigenvalue weighted by Crippen LogP contribution is 2.27. The van der Waals surface area contributed by atoms with E-state index >= 15 is 0 Å². The van der Waals surface area contributed by atoms with Crippen LogP contribution in [-0.2, 0) is 14.8 Å². The summed E-state index contributed by atoms with van der Waals surface area (Å²) < 4.78 is 27.6. The van der Waals surface area contributed by atoms with Gasteiger partial charge in [0.05, 0.1) is 10.6 Å². The molecule has 0 fully saturated rings. The van der Waals surface area contributed by atoms with Crippen molar-refractivity contribution in [1.29, 1.82) is 0 Å². The molecule has 2 rings (SSSR count). The number of amides is 1. The maximum Gasteiger partial charge on any atom is 0.264 e. The predicted molar refractivity (Wildman–Crippen MR) is 114 cm³/mol. The fourth-order valence-electron chi connectivity index (χ4n) is 3.55. The van der Waals surface area contributed by atoms with Gasteiger partial charge in [0.2, 0.25) is 5.91 Å². The van der Waals surface area contributed by atoms with Crippen molar-refractivity contribution in [3.05, 3.63) is 60.7 Å². The summed E-state index contributed by atoms with van der Waals surface area (Å²) in [5.74, 6) is -0.336. The molecule has 152 valence electrons. The van der Waals surface area contributed by atoms with Crippen LogP contribution in [0.15, 0.2) is 65.6 Å². The Labute approximate surface area is 168 Å². The summed E-state index contributed by atoms with van der Waals surface area (Å²) in [6.07, 6.45) is 0.766. The molecule has 1 amide bonds. The van der Waals surface area contributed by atoms with Gasteiger partial charge in [0.25, 0.3) is 10.0 Å². The van der Waals surface area contributed by atoms with Crippen molar-refractivity contribution in [2.45, 2.75) is 51.5 Å². The smallest absolute Gasteiger partial charge is 0.264 e. The van der Waals surface area contributed by atoms with Crippen LogP contribution >= 0.6 is 0 Å². The normalized spacial score (nSPS) is 12.5. The number of anilines is 1. The molecule has 0 aliphatic rings. The monoisotopic (exact) mass is 402 g/mol. The van der Waals surface area contributed by atoms with Crippen LogP contribution in [0.4, 0.5) is 5.69 Å². The average molecular weight is 403 g/mol. The SMILES string of the molecule is CC(C)(C)CC(C)(C)NC(=O)CN(c1ccccc1)S(=O)(=O)c1ccccc1. The molecule has 0 aliphatic carbocycles. The highest BCUT2D eigenvalue weighted by atomic mass is 32.2. The second-order valence-corrected chi connectivity index (χ2v) is 10.7. The minimum atomic E-state index is -3.87. The lowest BCUT2D eigenvalue weighted by atomic mass is 9.82. The highest BCUT2D eigenvalue weighted by molar-refractivity contribution is 7.92. The van der Waals surface area contributed by atoms with Gasteiger partial charge in [0.15, 0.2) is 0 Å². The predicted octanol–water partition coefficient (Wildman–Crippen LogP) is 4.21. The molecule has 0 heterocycles. The Bertz CT molecular complexity index is 886.